The Morgan fingerprint density at radius 1 is 1.33 bits per heavy atom. The number of hydrogen-bond donors (Lipinski definition) is 0. The fourth-order valence-corrected chi connectivity index (χ4v) is 1.97. The number of imidazole rings is 1. The average Bonchev–Trinajstić information content (AvgIpc) is 2.61. The van der Waals surface area contributed by atoms with Gasteiger partial charge in [0.15, 0.2) is 0 Å². The third kappa shape index (κ3) is 2.04. The maximum atomic E-state index is 12.0. The molecule has 1 aromatic carbocycles. The highest BCUT2D eigenvalue weighted by Gasteiger charge is 2.10. The van der Waals surface area contributed by atoms with Gasteiger partial charge in [0.1, 0.15) is 0 Å². The van der Waals surface area contributed by atoms with E-state index >= 15 is 0 Å². The van der Waals surface area contributed by atoms with Crippen molar-refractivity contribution in [2.45, 2.75) is 13.5 Å². The van der Waals surface area contributed by atoms with Gasteiger partial charge in [-0.25, -0.2) is 14.6 Å². The summed E-state index contributed by atoms with van der Waals surface area (Å²) in [6, 6.07) is 7.38. The number of rotatable bonds is 3. The normalized spacial score (nSPS) is 10.1. The van der Waals surface area contributed by atoms with Gasteiger partial charge in [-0.2, -0.15) is 0 Å². The first-order chi connectivity index (χ1) is 8.65. The molecular formula is C13H13N3O2. The summed E-state index contributed by atoms with van der Waals surface area (Å²) in [7, 11) is 1.71. The number of nitrogens with zero attached hydrogens (tertiary/aromatic N) is 3. The summed E-state index contributed by atoms with van der Waals surface area (Å²) < 4.78 is 3.13. The molecule has 0 saturated heterocycles. The SMILES string of the molecule is Cc1cn(C)c(=O)n1-c1ccccc1CN=C=O. The molecule has 0 fully saturated rings. The van der Waals surface area contributed by atoms with Crippen LogP contribution in [0.2, 0.25) is 0 Å². The Hall–Kier alpha value is -2.39. The van der Waals surface area contributed by atoms with E-state index in [-0.39, 0.29) is 12.2 Å². The minimum atomic E-state index is -0.116. The van der Waals surface area contributed by atoms with Crippen LogP contribution in [0.25, 0.3) is 5.69 Å². The molecule has 0 amide bonds. The number of carbonyl (C=O) groups excluding carboxylic acids is 1. The quantitative estimate of drug-likeness (QED) is 0.603. The van der Waals surface area contributed by atoms with Crippen LogP contribution in [0.1, 0.15) is 11.3 Å². The van der Waals surface area contributed by atoms with Crippen molar-refractivity contribution in [3.05, 3.63) is 52.2 Å². The summed E-state index contributed by atoms with van der Waals surface area (Å²) in [6.45, 7) is 2.08. The van der Waals surface area contributed by atoms with Gasteiger partial charge in [-0.1, -0.05) is 18.2 Å². The minimum absolute atomic E-state index is 0.116. The fourth-order valence-electron chi connectivity index (χ4n) is 1.97. The second-order valence-corrected chi connectivity index (χ2v) is 4.04. The van der Waals surface area contributed by atoms with Crippen molar-refractivity contribution in [1.29, 1.82) is 0 Å². The van der Waals surface area contributed by atoms with Crippen LogP contribution in [0.5, 0.6) is 0 Å². The first-order valence-electron chi connectivity index (χ1n) is 5.52. The molecule has 0 bridgehead atoms. The predicted molar refractivity (Wildman–Crippen MR) is 67.6 cm³/mol. The molecule has 0 spiro atoms. The zero-order valence-corrected chi connectivity index (χ0v) is 10.3. The van der Waals surface area contributed by atoms with Gasteiger partial charge in [0.2, 0.25) is 6.08 Å². The lowest BCUT2D eigenvalue weighted by Crippen LogP contribution is -2.22. The second-order valence-electron chi connectivity index (χ2n) is 4.04. The molecule has 0 unspecified atom stereocenters. The molecule has 0 N–H and O–H groups in total. The van der Waals surface area contributed by atoms with Crippen molar-refractivity contribution in [3.8, 4) is 5.69 Å². The summed E-state index contributed by atoms with van der Waals surface area (Å²) in [5.74, 6) is 0. The van der Waals surface area contributed by atoms with Gasteiger partial charge >= 0.3 is 5.69 Å². The third-order valence-corrected chi connectivity index (χ3v) is 2.77. The van der Waals surface area contributed by atoms with Crippen LogP contribution in [0.3, 0.4) is 0 Å². The molecule has 0 radical (unpaired) electrons. The maximum absolute atomic E-state index is 12.0. The molecule has 92 valence electrons. The number of para-hydroxylation sites is 1. The van der Waals surface area contributed by atoms with E-state index in [1.54, 1.807) is 17.8 Å². The average molecular weight is 243 g/mol. The Labute approximate surface area is 104 Å². The van der Waals surface area contributed by atoms with Crippen molar-refractivity contribution in [3.63, 3.8) is 0 Å². The lowest BCUT2D eigenvalue weighted by molar-refractivity contribution is 0.562. The van der Waals surface area contributed by atoms with E-state index in [4.69, 9.17) is 0 Å². The molecule has 1 aromatic heterocycles. The van der Waals surface area contributed by atoms with Crippen LogP contribution in [-0.2, 0) is 18.4 Å². The first kappa shape index (κ1) is 12.1. The zero-order valence-electron chi connectivity index (χ0n) is 10.3. The number of isocyanates is 1. The number of aliphatic imine (C=N–C) groups is 1. The molecule has 0 atom stereocenters. The monoisotopic (exact) mass is 243 g/mol. The number of benzene rings is 1. The largest absolute Gasteiger partial charge is 0.332 e. The molecule has 5 nitrogen and oxygen atoms in total. The van der Waals surface area contributed by atoms with Crippen molar-refractivity contribution in [1.82, 2.24) is 9.13 Å². The number of aryl methyl sites for hydroxylation is 2. The fraction of sp³-hybridized carbons (Fsp3) is 0.231. The highest BCUT2D eigenvalue weighted by Crippen LogP contribution is 2.15. The van der Waals surface area contributed by atoms with Gasteiger partial charge in [-0.05, 0) is 18.6 Å². The third-order valence-electron chi connectivity index (χ3n) is 2.77. The molecule has 0 aliphatic rings. The van der Waals surface area contributed by atoms with Crippen LogP contribution in [0, 0.1) is 6.92 Å². The lowest BCUT2D eigenvalue weighted by Gasteiger charge is -2.08. The molecule has 5 heteroatoms. The highest BCUT2D eigenvalue weighted by molar-refractivity contribution is 5.43. The van der Waals surface area contributed by atoms with E-state index in [1.807, 2.05) is 31.2 Å². The number of hydrogen-bond acceptors (Lipinski definition) is 3. The van der Waals surface area contributed by atoms with Gasteiger partial charge in [0.25, 0.3) is 0 Å². The van der Waals surface area contributed by atoms with E-state index in [0.717, 1.165) is 16.9 Å². The van der Waals surface area contributed by atoms with Crippen LogP contribution in [0.15, 0.2) is 40.2 Å². The summed E-state index contributed by atoms with van der Waals surface area (Å²) >= 11 is 0. The van der Waals surface area contributed by atoms with Crippen molar-refractivity contribution >= 4 is 6.08 Å². The predicted octanol–water partition coefficient (Wildman–Crippen LogP) is 1.32. The van der Waals surface area contributed by atoms with E-state index < -0.39 is 0 Å². The van der Waals surface area contributed by atoms with E-state index in [1.165, 1.54) is 10.6 Å². The highest BCUT2D eigenvalue weighted by atomic mass is 16.1. The van der Waals surface area contributed by atoms with Gasteiger partial charge in [-0.15, -0.1) is 0 Å². The molecular weight excluding hydrogens is 230 g/mol. The van der Waals surface area contributed by atoms with Crippen molar-refractivity contribution < 1.29 is 4.79 Å². The molecule has 1 heterocycles. The summed E-state index contributed by atoms with van der Waals surface area (Å²) in [6.07, 6.45) is 3.28. The molecule has 18 heavy (non-hydrogen) atoms. The first-order valence-corrected chi connectivity index (χ1v) is 5.52. The summed E-state index contributed by atoms with van der Waals surface area (Å²) in [5.41, 5.74) is 2.29. The van der Waals surface area contributed by atoms with Gasteiger partial charge in [-0.3, -0.25) is 4.57 Å². The minimum Gasteiger partial charge on any atom is -0.302 e. The van der Waals surface area contributed by atoms with Crippen LogP contribution < -0.4 is 5.69 Å². The number of aromatic nitrogens is 2. The van der Waals surface area contributed by atoms with E-state index in [2.05, 4.69) is 4.99 Å². The zero-order chi connectivity index (χ0) is 13.1. The van der Waals surface area contributed by atoms with Crippen LogP contribution >= 0.6 is 0 Å². The van der Waals surface area contributed by atoms with Crippen molar-refractivity contribution in [2.75, 3.05) is 0 Å². The lowest BCUT2D eigenvalue weighted by atomic mass is 10.1. The molecule has 2 rings (SSSR count). The van der Waals surface area contributed by atoms with Crippen LogP contribution in [0.4, 0.5) is 0 Å². The van der Waals surface area contributed by atoms with Crippen LogP contribution in [-0.4, -0.2) is 15.2 Å². The molecule has 0 aliphatic carbocycles. The molecule has 0 aliphatic heterocycles. The van der Waals surface area contributed by atoms with Gasteiger partial charge in [0, 0.05) is 18.9 Å². The van der Waals surface area contributed by atoms with E-state index in [9.17, 15) is 9.59 Å². The van der Waals surface area contributed by atoms with Crippen molar-refractivity contribution in [2.24, 2.45) is 12.0 Å². The maximum Gasteiger partial charge on any atom is 0.332 e. The Balaban J connectivity index is 2.63. The summed E-state index contributed by atoms with van der Waals surface area (Å²) in [5, 5.41) is 0. The second kappa shape index (κ2) is 4.85. The van der Waals surface area contributed by atoms with E-state index in [0.29, 0.717) is 0 Å². The Bertz CT molecular complexity index is 676. The molecule has 2 aromatic rings. The Morgan fingerprint density at radius 2 is 2.06 bits per heavy atom. The standard InChI is InChI=1S/C13H13N3O2/c1-10-8-15(2)13(18)16(10)12-6-4-3-5-11(12)7-14-9-17/h3-6,8H,7H2,1-2H3. The Morgan fingerprint density at radius 3 is 2.67 bits per heavy atom. The van der Waals surface area contributed by atoms with Gasteiger partial charge < -0.3 is 4.57 Å². The molecule has 0 saturated carbocycles. The smallest absolute Gasteiger partial charge is 0.302 e. The summed E-state index contributed by atoms with van der Waals surface area (Å²) in [4.78, 5) is 25.8. The topological polar surface area (TPSA) is 56.4 Å². The Kier molecular flexibility index (Phi) is 3.26. The van der Waals surface area contributed by atoms with Gasteiger partial charge in [0.05, 0.1) is 12.2 Å².